The molecule has 1 amide bonds. The number of rotatable bonds is 12. The molecule has 0 bridgehead atoms. The number of amides is 1. The number of nitrogens with one attached hydrogen (secondary N) is 2. The van der Waals surface area contributed by atoms with Gasteiger partial charge >= 0.3 is 0 Å². The van der Waals surface area contributed by atoms with Gasteiger partial charge in [-0.1, -0.05) is 62.4 Å². The summed E-state index contributed by atoms with van der Waals surface area (Å²) in [7, 11) is 0. The van der Waals surface area contributed by atoms with Crippen LogP contribution in [-0.4, -0.2) is 30.1 Å². The number of hydrogen-bond acceptors (Lipinski definition) is 5. The summed E-state index contributed by atoms with van der Waals surface area (Å²) in [4.78, 5) is 16.6. The molecule has 6 nitrogen and oxygen atoms in total. The van der Waals surface area contributed by atoms with Crippen LogP contribution in [0.3, 0.4) is 0 Å². The van der Waals surface area contributed by atoms with Gasteiger partial charge in [0.2, 0.25) is 5.91 Å². The molecule has 0 aliphatic carbocycles. The molecule has 0 spiro atoms. The number of pyridine rings is 1. The highest BCUT2D eigenvalue weighted by Crippen LogP contribution is 2.17. The first kappa shape index (κ1) is 27.9. The van der Waals surface area contributed by atoms with Crippen molar-refractivity contribution in [3.63, 3.8) is 0 Å². The molecular formula is C29H40N4O2. The Morgan fingerprint density at radius 3 is 2.54 bits per heavy atom. The fraction of sp³-hybridized carbons (Fsp3) is 0.379. The van der Waals surface area contributed by atoms with Crippen LogP contribution in [0.25, 0.3) is 0 Å². The van der Waals surface area contributed by atoms with Gasteiger partial charge in [-0.25, -0.2) is 4.98 Å². The maximum Gasteiger partial charge on any atom is 0.224 e. The zero-order valence-electron chi connectivity index (χ0n) is 21.5. The summed E-state index contributed by atoms with van der Waals surface area (Å²) in [5.41, 5.74) is 10.0. The Morgan fingerprint density at radius 1 is 1.03 bits per heavy atom. The van der Waals surface area contributed by atoms with E-state index in [1.165, 1.54) is 11.1 Å². The molecule has 0 aliphatic rings. The predicted octanol–water partition coefficient (Wildman–Crippen LogP) is 4.71. The highest BCUT2D eigenvalue weighted by atomic mass is 16.5. The van der Waals surface area contributed by atoms with Gasteiger partial charge in [0.1, 0.15) is 11.6 Å². The van der Waals surface area contributed by atoms with E-state index in [1.807, 2.05) is 75.5 Å². The highest BCUT2D eigenvalue weighted by molar-refractivity contribution is 5.78. The Hall–Kier alpha value is -3.38. The quantitative estimate of drug-likeness (QED) is 0.352. The Bertz CT molecular complexity index is 1020. The van der Waals surface area contributed by atoms with Crippen molar-refractivity contribution in [1.82, 2.24) is 15.6 Å². The zero-order valence-corrected chi connectivity index (χ0v) is 21.5. The summed E-state index contributed by atoms with van der Waals surface area (Å²) in [5.74, 6) is 1.36. The molecule has 0 aliphatic heterocycles. The van der Waals surface area contributed by atoms with Crippen molar-refractivity contribution < 1.29 is 9.53 Å². The van der Waals surface area contributed by atoms with Crippen LogP contribution < -0.4 is 21.1 Å². The average molecular weight is 477 g/mol. The molecular weight excluding hydrogens is 436 g/mol. The summed E-state index contributed by atoms with van der Waals surface area (Å²) < 4.78 is 5.63. The third kappa shape index (κ3) is 10.2. The molecule has 1 unspecified atom stereocenters. The van der Waals surface area contributed by atoms with Crippen LogP contribution in [-0.2, 0) is 30.6 Å². The molecule has 2 aromatic carbocycles. The number of carbonyl (C=O) groups excluding carboxylic acids is 1. The minimum atomic E-state index is 0.00160. The minimum absolute atomic E-state index is 0.00160. The first-order chi connectivity index (χ1) is 17.0. The number of hydrogen-bond donors (Lipinski definition) is 3. The van der Waals surface area contributed by atoms with Crippen LogP contribution >= 0.6 is 0 Å². The van der Waals surface area contributed by atoms with Crippen LogP contribution in [0.2, 0.25) is 0 Å². The second kappa shape index (κ2) is 15.5. The predicted molar refractivity (Wildman–Crippen MR) is 144 cm³/mol. The van der Waals surface area contributed by atoms with Crippen molar-refractivity contribution in [2.45, 2.75) is 59.5 Å². The lowest BCUT2D eigenvalue weighted by atomic mass is 10.0. The molecule has 0 fully saturated rings. The monoisotopic (exact) mass is 476 g/mol. The van der Waals surface area contributed by atoms with Crippen LogP contribution in [0.4, 0.5) is 5.82 Å². The van der Waals surface area contributed by atoms with Crippen molar-refractivity contribution in [1.29, 1.82) is 0 Å². The smallest absolute Gasteiger partial charge is 0.224 e. The maximum atomic E-state index is 12.5. The van der Waals surface area contributed by atoms with Crippen molar-refractivity contribution in [3.05, 3.63) is 89.1 Å². The summed E-state index contributed by atoms with van der Waals surface area (Å²) in [5, 5.41) is 6.57. The third-order valence-electron chi connectivity index (χ3n) is 5.40. The number of carbonyl (C=O) groups is 1. The van der Waals surface area contributed by atoms with Crippen LogP contribution in [0.1, 0.15) is 49.9 Å². The van der Waals surface area contributed by atoms with Crippen molar-refractivity contribution >= 4 is 11.7 Å². The topological polar surface area (TPSA) is 89.3 Å². The summed E-state index contributed by atoms with van der Waals surface area (Å²) in [6, 6.07) is 20.2. The minimum Gasteiger partial charge on any atom is -0.494 e. The molecule has 6 heteroatoms. The van der Waals surface area contributed by atoms with Crippen molar-refractivity contribution in [2.24, 2.45) is 0 Å². The molecule has 188 valence electrons. The van der Waals surface area contributed by atoms with Gasteiger partial charge in [0.15, 0.2) is 0 Å². The lowest BCUT2D eigenvalue weighted by Gasteiger charge is -2.15. The van der Waals surface area contributed by atoms with Gasteiger partial charge in [-0.3, -0.25) is 4.79 Å². The summed E-state index contributed by atoms with van der Waals surface area (Å²) in [6.07, 6.45) is 3.99. The van der Waals surface area contributed by atoms with Gasteiger partial charge in [-0.15, -0.1) is 0 Å². The molecule has 35 heavy (non-hydrogen) atoms. The van der Waals surface area contributed by atoms with E-state index >= 15 is 0 Å². The van der Waals surface area contributed by atoms with Gasteiger partial charge in [0.05, 0.1) is 13.0 Å². The number of benzene rings is 2. The fourth-order valence-corrected chi connectivity index (χ4v) is 3.73. The second-order valence-corrected chi connectivity index (χ2v) is 8.21. The van der Waals surface area contributed by atoms with E-state index in [-0.39, 0.29) is 5.91 Å². The highest BCUT2D eigenvalue weighted by Gasteiger charge is 2.09. The van der Waals surface area contributed by atoms with Crippen LogP contribution in [0.15, 0.2) is 66.9 Å². The SMILES string of the molecule is CC.CCOc1ccccc1CNC(=O)Cc1cccc(CC(C)NCCc2ccc(N)nc2)c1. The second-order valence-electron chi connectivity index (χ2n) is 8.21. The van der Waals surface area contributed by atoms with Crippen molar-refractivity contribution in [3.8, 4) is 5.75 Å². The molecule has 0 radical (unpaired) electrons. The lowest BCUT2D eigenvalue weighted by molar-refractivity contribution is -0.120. The number of ether oxygens (including phenoxy) is 1. The van der Waals surface area contributed by atoms with Crippen LogP contribution in [0.5, 0.6) is 5.75 Å². The normalized spacial score (nSPS) is 11.2. The van der Waals surface area contributed by atoms with E-state index in [1.54, 1.807) is 0 Å². The Labute approximate surface area is 210 Å². The van der Waals surface area contributed by atoms with Gasteiger partial charge < -0.3 is 21.1 Å². The molecule has 4 N–H and O–H groups in total. The van der Waals surface area contributed by atoms with E-state index in [0.717, 1.165) is 36.3 Å². The third-order valence-corrected chi connectivity index (χ3v) is 5.40. The Kier molecular flexibility index (Phi) is 12.3. The standard InChI is InChI=1S/C27H34N4O2.C2H6/c1-3-33-25-10-5-4-9-24(25)19-31-27(32)17-23-8-6-7-22(16-23)15-20(2)29-14-13-21-11-12-26(28)30-18-21;1-2/h4-12,16,18,20,29H,3,13-15,17,19H2,1-2H3,(H2,28,30)(H,31,32);1-2H3. The molecule has 3 aromatic rings. The van der Waals surface area contributed by atoms with E-state index in [9.17, 15) is 4.79 Å². The largest absolute Gasteiger partial charge is 0.494 e. The number of nitrogens with zero attached hydrogens (tertiary/aromatic N) is 1. The molecule has 3 rings (SSSR count). The van der Waals surface area contributed by atoms with E-state index in [4.69, 9.17) is 10.5 Å². The zero-order chi connectivity index (χ0) is 25.5. The lowest BCUT2D eigenvalue weighted by Crippen LogP contribution is -2.30. The Morgan fingerprint density at radius 2 is 1.80 bits per heavy atom. The first-order valence-electron chi connectivity index (χ1n) is 12.5. The first-order valence-corrected chi connectivity index (χ1v) is 12.5. The number of anilines is 1. The number of nitrogens with two attached hydrogens (primary N) is 1. The van der Waals surface area contributed by atoms with Crippen LogP contribution in [0, 0.1) is 0 Å². The van der Waals surface area contributed by atoms with Gasteiger partial charge in [0, 0.05) is 24.3 Å². The maximum absolute atomic E-state index is 12.5. The van der Waals surface area contributed by atoms with E-state index in [0.29, 0.717) is 31.4 Å². The fourth-order valence-electron chi connectivity index (χ4n) is 3.73. The van der Waals surface area contributed by atoms with Gasteiger partial charge in [-0.2, -0.15) is 0 Å². The summed E-state index contributed by atoms with van der Waals surface area (Å²) >= 11 is 0. The molecule has 0 saturated carbocycles. The molecule has 0 saturated heterocycles. The number of nitrogen functional groups attached to an aromatic ring is 1. The molecule has 1 aromatic heterocycles. The van der Waals surface area contributed by atoms with Gasteiger partial charge in [0.25, 0.3) is 0 Å². The number of para-hydroxylation sites is 1. The van der Waals surface area contributed by atoms with E-state index in [2.05, 4.69) is 34.7 Å². The average Bonchev–Trinajstić information content (AvgIpc) is 2.86. The van der Waals surface area contributed by atoms with Crippen molar-refractivity contribution in [2.75, 3.05) is 18.9 Å². The molecule has 1 heterocycles. The Balaban J connectivity index is 0.00000210. The molecule has 1 atom stereocenters. The van der Waals surface area contributed by atoms with E-state index < -0.39 is 0 Å². The summed E-state index contributed by atoms with van der Waals surface area (Å²) in [6.45, 7) is 10.1. The number of aromatic nitrogens is 1. The van der Waals surface area contributed by atoms with Gasteiger partial charge in [-0.05, 0) is 62.1 Å².